The van der Waals surface area contributed by atoms with Gasteiger partial charge in [0.1, 0.15) is 11.6 Å². The normalized spacial score (nSPS) is 14.7. The Bertz CT molecular complexity index is 4590. The van der Waals surface area contributed by atoms with Crippen LogP contribution in [0.4, 0.5) is 20.2 Å². The number of hydrogen-bond donors (Lipinski definition) is 0. The van der Waals surface area contributed by atoms with Crippen molar-refractivity contribution < 1.29 is 8.78 Å². The van der Waals surface area contributed by atoms with Gasteiger partial charge in [0, 0.05) is 66.4 Å². The highest BCUT2D eigenvalue weighted by Gasteiger charge is 2.39. The molecule has 0 bridgehead atoms. The molecule has 15 rings (SSSR count). The predicted octanol–water partition coefficient (Wildman–Crippen LogP) is 18.4. The van der Waals surface area contributed by atoms with E-state index in [1.54, 1.807) is 0 Å². The first-order valence-corrected chi connectivity index (χ1v) is 25.4. The average molecular weight is 957 g/mol. The van der Waals surface area contributed by atoms with E-state index in [1.807, 2.05) is 24.3 Å². The van der Waals surface area contributed by atoms with Gasteiger partial charge < -0.3 is 18.6 Å². The number of para-hydroxylation sites is 2. The Balaban J connectivity index is 0.970. The molecule has 0 aliphatic carbocycles. The molecule has 6 heteroatoms. The molecule has 0 saturated heterocycles. The zero-order valence-corrected chi connectivity index (χ0v) is 40.6. The molecule has 0 radical (unpaired) electrons. The molecule has 14 aromatic rings. The Morgan fingerprint density at radius 2 is 0.838 bits per heavy atom. The van der Waals surface area contributed by atoms with Crippen molar-refractivity contribution in [3.8, 4) is 28.3 Å². The first-order chi connectivity index (χ1) is 36.4. The van der Waals surface area contributed by atoms with Gasteiger partial charge in [-0.05, 0) is 137 Å². The van der Waals surface area contributed by atoms with Crippen LogP contribution in [0.25, 0.3) is 104 Å². The Morgan fingerprint density at radius 3 is 1.47 bits per heavy atom. The van der Waals surface area contributed by atoms with Gasteiger partial charge in [-0.2, -0.15) is 0 Å². The molecule has 352 valence electrons. The van der Waals surface area contributed by atoms with Crippen molar-refractivity contribution in [2.75, 3.05) is 4.90 Å². The van der Waals surface area contributed by atoms with Gasteiger partial charge >= 0.3 is 0 Å². The maximum absolute atomic E-state index is 14.3. The van der Waals surface area contributed by atoms with E-state index in [0.29, 0.717) is 0 Å². The molecular weight excluding hydrogens is 911 g/mol. The summed E-state index contributed by atoms with van der Waals surface area (Å²) in [7, 11) is 0. The molecule has 4 nitrogen and oxygen atoms in total. The van der Waals surface area contributed by atoms with Crippen LogP contribution in [0.1, 0.15) is 35.6 Å². The van der Waals surface area contributed by atoms with Crippen LogP contribution >= 0.6 is 0 Å². The molecule has 0 saturated carbocycles. The average Bonchev–Trinajstić information content (AvgIpc) is 4.21. The van der Waals surface area contributed by atoms with Crippen molar-refractivity contribution in [3.05, 3.63) is 259 Å². The van der Waals surface area contributed by atoms with Gasteiger partial charge in [-0.25, -0.2) is 8.78 Å². The summed E-state index contributed by atoms with van der Waals surface area (Å²) < 4.78 is 35.5. The minimum atomic E-state index is -0.254. The largest absolute Gasteiger partial charge is 0.333 e. The van der Waals surface area contributed by atoms with E-state index in [2.05, 4.69) is 214 Å². The summed E-state index contributed by atoms with van der Waals surface area (Å²) in [5, 5.41) is 10.6. The molecular formula is C68H46F2N4. The van der Waals surface area contributed by atoms with Crippen LogP contribution in [0, 0.1) is 18.6 Å². The molecule has 1 aliphatic rings. The van der Waals surface area contributed by atoms with Crippen LogP contribution in [0.5, 0.6) is 0 Å². The molecule has 11 aromatic carbocycles. The molecule has 74 heavy (non-hydrogen) atoms. The van der Waals surface area contributed by atoms with E-state index < -0.39 is 0 Å². The lowest BCUT2D eigenvalue weighted by Gasteiger charge is -2.31. The van der Waals surface area contributed by atoms with Gasteiger partial charge in [0.05, 0.1) is 45.0 Å². The van der Waals surface area contributed by atoms with Crippen molar-refractivity contribution in [2.45, 2.75) is 25.8 Å². The summed E-state index contributed by atoms with van der Waals surface area (Å²) in [4.78, 5) is 2.60. The monoisotopic (exact) mass is 956 g/mol. The Morgan fingerprint density at radius 1 is 0.365 bits per heavy atom. The van der Waals surface area contributed by atoms with Gasteiger partial charge in [0.25, 0.3) is 0 Å². The van der Waals surface area contributed by atoms with Crippen molar-refractivity contribution in [2.24, 2.45) is 0 Å². The minimum Gasteiger partial charge on any atom is -0.333 e. The number of nitrogens with zero attached hydrogens (tertiary/aromatic N) is 4. The number of aryl methyl sites for hydroxylation is 1. The van der Waals surface area contributed by atoms with Crippen molar-refractivity contribution >= 4 is 87.4 Å². The molecule has 4 heterocycles. The van der Waals surface area contributed by atoms with E-state index in [0.717, 1.165) is 77.6 Å². The van der Waals surface area contributed by atoms with E-state index in [9.17, 15) is 8.78 Å². The molecule has 0 amide bonds. The molecule has 0 spiro atoms. The number of anilines is 2. The number of rotatable bonds is 6. The highest BCUT2D eigenvalue weighted by atomic mass is 19.1. The number of aromatic nitrogens is 3. The van der Waals surface area contributed by atoms with Crippen LogP contribution < -0.4 is 4.90 Å². The Kier molecular flexibility index (Phi) is 9.24. The third-order valence-corrected chi connectivity index (χ3v) is 16.1. The SMILES string of the molecule is Cc1c(-c2ccccc2)n(-c2ccc3c(c2)c2ccccc2n3-c2ccc(F)cc2)c2c1ccc1c3ccc4c(c3ccc12)N(c1ccc2c(c1)c1ccccc1n2-c1ccc(F)cc1)C(c1ccccc1)C4C. The van der Waals surface area contributed by atoms with Crippen LogP contribution in [0.15, 0.2) is 231 Å². The number of fused-ring (bicyclic) bond motifs is 13. The van der Waals surface area contributed by atoms with Crippen LogP contribution in [-0.4, -0.2) is 13.7 Å². The lowest BCUT2D eigenvalue weighted by molar-refractivity contribution is 0.627. The second-order valence-electron chi connectivity index (χ2n) is 20.0. The first-order valence-electron chi connectivity index (χ1n) is 25.4. The topological polar surface area (TPSA) is 18.0 Å². The maximum atomic E-state index is 14.3. The van der Waals surface area contributed by atoms with Crippen LogP contribution in [-0.2, 0) is 0 Å². The minimum absolute atomic E-state index is 0.0371. The highest BCUT2D eigenvalue weighted by Crippen LogP contribution is 2.56. The third-order valence-electron chi connectivity index (χ3n) is 16.1. The second-order valence-corrected chi connectivity index (χ2v) is 20.0. The van der Waals surface area contributed by atoms with E-state index in [-0.39, 0.29) is 23.6 Å². The second kappa shape index (κ2) is 16.1. The standard InChI is InChI=1S/C68H46F2N4/c1-41-51-31-33-53-54-34-32-52-42(2)66(44-15-7-4-8-16-44)74(50-30-38-64-60(40-50)56-18-10-12-20-62(56)72(64)48-27-23-46(70)24-28-48)68(52)58(54)36-35-57(53)67(51)73(65(41)43-13-5-3-6-14-43)49-29-37-63-59(39-49)55-17-9-11-19-61(55)71(63)47-25-21-45(69)22-26-47/h3-41,65H,1-2H3. The zero-order valence-electron chi connectivity index (χ0n) is 40.6. The van der Waals surface area contributed by atoms with Crippen LogP contribution in [0.2, 0.25) is 0 Å². The third kappa shape index (κ3) is 6.12. The Hall–Kier alpha value is -9.26. The molecule has 1 aliphatic heterocycles. The summed E-state index contributed by atoms with van der Waals surface area (Å²) >= 11 is 0. The quantitative estimate of drug-likeness (QED) is 0.152. The fourth-order valence-corrected chi connectivity index (χ4v) is 12.9. The van der Waals surface area contributed by atoms with Crippen LogP contribution in [0.3, 0.4) is 0 Å². The first kappa shape index (κ1) is 42.4. The van der Waals surface area contributed by atoms with E-state index >= 15 is 0 Å². The summed E-state index contributed by atoms with van der Waals surface area (Å²) in [5.41, 5.74) is 16.8. The van der Waals surface area contributed by atoms with Gasteiger partial charge in [-0.1, -0.05) is 140 Å². The van der Waals surface area contributed by atoms with Gasteiger partial charge in [-0.15, -0.1) is 0 Å². The fourth-order valence-electron chi connectivity index (χ4n) is 12.9. The molecule has 0 N–H and O–H groups in total. The number of hydrogen-bond acceptors (Lipinski definition) is 1. The highest BCUT2D eigenvalue weighted by molar-refractivity contribution is 6.21. The van der Waals surface area contributed by atoms with E-state index in [1.165, 1.54) is 79.1 Å². The summed E-state index contributed by atoms with van der Waals surface area (Å²) in [6.07, 6.45) is 0. The predicted molar refractivity (Wildman–Crippen MR) is 303 cm³/mol. The van der Waals surface area contributed by atoms with Gasteiger partial charge in [-0.3, -0.25) is 0 Å². The van der Waals surface area contributed by atoms with Crippen molar-refractivity contribution in [3.63, 3.8) is 0 Å². The van der Waals surface area contributed by atoms with Crippen molar-refractivity contribution in [1.29, 1.82) is 0 Å². The number of halogens is 2. The molecule has 3 aromatic heterocycles. The molecule has 0 fully saturated rings. The van der Waals surface area contributed by atoms with E-state index in [4.69, 9.17) is 0 Å². The van der Waals surface area contributed by atoms with Gasteiger partial charge in [0.15, 0.2) is 0 Å². The maximum Gasteiger partial charge on any atom is 0.123 e. The summed E-state index contributed by atoms with van der Waals surface area (Å²) in [5.74, 6) is -0.322. The zero-order chi connectivity index (χ0) is 49.3. The summed E-state index contributed by atoms with van der Waals surface area (Å²) in [6, 6.07) is 80.2. The molecule has 2 atom stereocenters. The molecule has 2 unspecified atom stereocenters. The summed E-state index contributed by atoms with van der Waals surface area (Å²) in [6.45, 7) is 4.64. The number of benzene rings is 11. The lowest BCUT2D eigenvalue weighted by atomic mass is 9.90. The van der Waals surface area contributed by atoms with Crippen molar-refractivity contribution in [1.82, 2.24) is 13.7 Å². The van der Waals surface area contributed by atoms with Gasteiger partial charge in [0.2, 0.25) is 0 Å². The Labute approximate surface area is 425 Å². The fraction of sp³-hybridized carbons (Fsp3) is 0.0588. The smallest absolute Gasteiger partial charge is 0.123 e. The lowest BCUT2D eigenvalue weighted by Crippen LogP contribution is -2.21.